The normalized spacial score (nSPS) is 16.2. The molecule has 0 unspecified atom stereocenters. The molecule has 1 N–H and O–H groups in total. The SMILES string of the molecule is CCONC(=O)C=C1CCCC1. The molecule has 68 valence electrons. The predicted octanol–water partition coefficient (Wildman–Crippen LogP) is 1.55. The van der Waals surface area contributed by atoms with E-state index in [1.807, 2.05) is 6.92 Å². The number of rotatable bonds is 3. The molecule has 1 amide bonds. The molecule has 3 nitrogen and oxygen atoms in total. The van der Waals surface area contributed by atoms with Crippen LogP contribution in [0.4, 0.5) is 0 Å². The van der Waals surface area contributed by atoms with Gasteiger partial charge in [0.15, 0.2) is 0 Å². The fraction of sp³-hybridized carbons (Fsp3) is 0.667. The Labute approximate surface area is 72.7 Å². The summed E-state index contributed by atoms with van der Waals surface area (Å²) in [5.74, 6) is -0.131. The van der Waals surface area contributed by atoms with Crippen molar-refractivity contribution in [3.8, 4) is 0 Å². The molecule has 1 rings (SSSR count). The maximum absolute atomic E-state index is 11.0. The molecule has 0 saturated heterocycles. The lowest BCUT2D eigenvalue weighted by Gasteiger charge is -1.99. The number of hydrogen-bond acceptors (Lipinski definition) is 2. The van der Waals surface area contributed by atoms with Gasteiger partial charge in [-0.1, -0.05) is 5.57 Å². The minimum absolute atomic E-state index is 0.131. The van der Waals surface area contributed by atoms with Gasteiger partial charge < -0.3 is 0 Å². The van der Waals surface area contributed by atoms with E-state index in [0.717, 1.165) is 12.8 Å². The van der Waals surface area contributed by atoms with Crippen LogP contribution in [0.2, 0.25) is 0 Å². The largest absolute Gasteiger partial charge is 0.274 e. The molecule has 3 heteroatoms. The van der Waals surface area contributed by atoms with E-state index in [1.165, 1.54) is 18.4 Å². The monoisotopic (exact) mass is 169 g/mol. The van der Waals surface area contributed by atoms with Crippen LogP contribution < -0.4 is 5.48 Å². The van der Waals surface area contributed by atoms with E-state index in [2.05, 4.69) is 5.48 Å². The molecule has 0 radical (unpaired) electrons. The maximum Gasteiger partial charge on any atom is 0.267 e. The molecule has 0 aromatic heterocycles. The first-order chi connectivity index (χ1) is 5.83. The first-order valence-corrected chi connectivity index (χ1v) is 4.44. The van der Waals surface area contributed by atoms with E-state index in [4.69, 9.17) is 4.84 Å². The number of allylic oxidation sites excluding steroid dienone is 1. The Morgan fingerprint density at radius 2 is 2.25 bits per heavy atom. The van der Waals surface area contributed by atoms with Gasteiger partial charge in [0, 0.05) is 6.08 Å². The Morgan fingerprint density at radius 1 is 1.58 bits per heavy atom. The van der Waals surface area contributed by atoms with Crippen molar-refractivity contribution in [3.63, 3.8) is 0 Å². The van der Waals surface area contributed by atoms with Crippen LogP contribution in [0.5, 0.6) is 0 Å². The summed E-state index contributed by atoms with van der Waals surface area (Å²) < 4.78 is 0. The number of amides is 1. The van der Waals surface area contributed by atoms with Crippen LogP contribution in [0, 0.1) is 0 Å². The van der Waals surface area contributed by atoms with Crippen LogP contribution >= 0.6 is 0 Å². The first kappa shape index (κ1) is 9.26. The second-order valence-corrected chi connectivity index (χ2v) is 2.91. The summed E-state index contributed by atoms with van der Waals surface area (Å²) in [7, 11) is 0. The Morgan fingerprint density at radius 3 is 2.83 bits per heavy atom. The maximum atomic E-state index is 11.0. The number of nitrogens with one attached hydrogen (secondary N) is 1. The van der Waals surface area contributed by atoms with Gasteiger partial charge in [-0.05, 0) is 32.6 Å². The third kappa shape index (κ3) is 3.05. The van der Waals surface area contributed by atoms with Crippen molar-refractivity contribution in [2.75, 3.05) is 6.61 Å². The van der Waals surface area contributed by atoms with E-state index < -0.39 is 0 Å². The van der Waals surface area contributed by atoms with E-state index in [9.17, 15) is 4.79 Å². The highest BCUT2D eigenvalue weighted by Crippen LogP contribution is 2.23. The van der Waals surface area contributed by atoms with Gasteiger partial charge in [-0.3, -0.25) is 9.63 Å². The fourth-order valence-corrected chi connectivity index (χ4v) is 1.33. The number of carbonyl (C=O) groups excluding carboxylic acids is 1. The van der Waals surface area contributed by atoms with Crippen LogP contribution in [-0.4, -0.2) is 12.5 Å². The third-order valence-electron chi connectivity index (χ3n) is 1.90. The van der Waals surface area contributed by atoms with Crippen molar-refractivity contribution in [1.29, 1.82) is 0 Å². The van der Waals surface area contributed by atoms with Gasteiger partial charge in [0.25, 0.3) is 5.91 Å². The molecule has 1 fully saturated rings. The smallest absolute Gasteiger partial charge is 0.267 e. The molecule has 0 aliphatic heterocycles. The van der Waals surface area contributed by atoms with Crippen LogP contribution in [-0.2, 0) is 9.63 Å². The molecular weight excluding hydrogens is 154 g/mol. The Hall–Kier alpha value is -0.830. The van der Waals surface area contributed by atoms with Crippen molar-refractivity contribution >= 4 is 5.91 Å². The topological polar surface area (TPSA) is 38.3 Å². The van der Waals surface area contributed by atoms with Crippen LogP contribution in [0.15, 0.2) is 11.6 Å². The summed E-state index contributed by atoms with van der Waals surface area (Å²) in [6.45, 7) is 2.35. The summed E-state index contributed by atoms with van der Waals surface area (Å²) >= 11 is 0. The zero-order chi connectivity index (χ0) is 8.81. The lowest BCUT2D eigenvalue weighted by molar-refractivity contribution is -0.128. The van der Waals surface area contributed by atoms with E-state index in [1.54, 1.807) is 6.08 Å². The zero-order valence-corrected chi connectivity index (χ0v) is 7.43. The number of carbonyl (C=O) groups is 1. The highest BCUT2D eigenvalue weighted by atomic mass is 16.6. The number of hydroxylamine groups is 1. The third-order valence-corrected chi connectivity index (χ3v) is 1.90. The minimum Gasteiger partial charge on any atom is -0.274 e. The summed E-state index contributed by atoms with van der Waals surface area (Å²) in [5, 5.41) is 0. The van der Waals surface area contributed by atoms with Gasteiger partial charge in [-0.2, -0.15) is 0 Å². The Bertz CT molecular complexity index is 179. The van der Waals surface area contributed by atoms with Crippen molar-refractivity contribution in [3.05, 3.63) is 11.6 Å². The Balaban J connectivity index is 2.28. The molecule has 1 aliphatic rings. The van der Waals surface area contributed by atoms with Crippen LogP contribution in [0.25, 0.3) is 0 Å². The highest BCUT2D eigenvalue weighted by molar-refractivity contribution is 5.87. The summed E-state index contributed by atoms with van der Waals surface area (Å²) in [6, 6.07) is 0. The lowest BCUT2D eigenvalue weighted by atomic mass is 10.2. The van der Waals surface area contributed by atoms with E-state index in [-0.39, 0.29) is 5.91 Å². The lowest BCUT2D eigenvalue weighted by Crippen LogP contribution is -2.21. The summed E-state index contributed by atoms with van der Waals surface area (Å²) in [4.78, 5) is 15.8. The second-order valence-electron chi connectivity index (χ2n) is 2.91. The van der Waals surface area contributed by atoms with Crippen molar-refractivity contribution in [2.45, 2.75) is 32.6 Å². The molecule has 0 aromatic carbocycles. The molecule has 1 saturated carbocycles. The highest BCUT2D eigenvalue weighted by Gasteiger charge is 2.07. The molecule has 0 bridgehead atoms. The van der Waals surface area contributed by atoms with Gasteiger partial charge in [0.2, 0.25) is 0 Å². The van der Waals surface area contributed by atoms with Crippen LogP contribution in [0.1, 0.15) is 32.6 Å². The molecule has 12 heavy (non-hydrogen) atoms. The van der Waals surface area contributed by atoms with Gasteiger partial charge in [0.05, 0.1) is 6.61 Å². The second kappa shape index (κ2) is 4.93. The van der Waals surface area contributed by atoms with Crippen molar-refractivity contribution in [2.24, 2.45) is 0 Å². The van der Waals surface area contributed by atoms with Crippen molar-refractivity contribution < 1.29 is 9.63 Å². The standard InChI is InChI=1S/C9H15NO2/c1-2-12-10-9(11)7-8-5-3-4-6-8/h7H,2-6H2,1H3,(H,10,11). The summed E-state index contributed by atoms with van der Waals surface area (Å²) in [6.07, 6.45) is 6.23. The van der Waals surface area contributed by atoms with E-state index >= 15 is 0 Å². The minimum atomic E-state index is -0.131. The van der Waals surface area contributed by atoms with Crippen molar-refractivity contribution in [1.82, 2.24) is 5.48 Å². The zero-order valence-electron chi connectivity index (χ0n) is 7.43. The van der Waals surface area contributed by atoms with Crippen LogP contribution in [0.3, 0.4) is 0 Å². The molecule has 0 aromatic rings. The molecule has 0 spiro atoms. The fourth-order valence-electron chi connectivity index (χ4n) is 1.33. The number of hydrogen-bond donors (Lipinski definition) is 1. The quantitative estimate of drug-likeness (QED) is 0.514. The van der Waals surface area contributed by atoms with Gasteiger partial charge in [-0.15, -0.1) is 0 Å². The Kier molecular flexibility index (Phi) is 3.80. The predicted molar refractivity (Wildman–Crippen MR) is 46.3 cm³/mol. The molecule has 0 atom stereocenters. The van der Waals surface area contributed by atoms with E-state index in [0.29, 0.717) is 6.61 Å². The van der Waals surface area contributed by atoms with Gasteiger partial charge in [-0.25, -0.2) is 5.48 Å². The average Bonchev–Trinajstić information content (AvgIpc) is 2.53. The van der Waals surface area contributed by atoms with Gasteiger partial charge in [0.1, 0.15) is 0 Å². The molecular formula is C9H15NO2. The first-order valence-electron chi connectivity index (χ1n) is 4.44. The molecule has 1 aliphatic carbocycles. The summed E-state index contributed by atoms with van der Waals surface area (Å²) in [5.41, 5.74) is 3.59. The van der Waals surface area contributed by atoms with Gasteiger partial charge >= 0.3 is 0 Å². The average molecular weight is 169 g/mol. The molecule has 0 heterocycles.